The van der Waals surface area contributed by atoms with Gasteiger partial charge in [0.05, 0.1) is 24.8 Å². The molecule has 168 valence electrons. The van der Waals surface area contributed by atoms with Crippen LogP contribution in [0.1, 0.15) is 11.1 Å². The first kappa shape index (κ1) is 23.1. The molecule has 0 saturated carbocycles. The summed E-state index contributed by atoms with van der Waals surface area (Å²) in [7, 11) is -1.17. The highest BCUT2D eigenvalue weighted by molar-refractivity contribution is 7.92. The lowest BCUT2D eigenvalue weighted by atomic mass is 10.2. The summed E-state index contributed by atoms with van der Waals surface area (Å²) in [5, 5.41) is 2.76. The fourth-order valence-electron chi connectivity index (χ4n) is 3.18. The summed E-state index contributed by atoms with van der Waals surface area (Å²) in [6, 6.07) is 18.5. The number of ether oxygens (including phenoxy) is 2. The highest BCUT2D eigenvalue weighted by Gasteiger charge is 2.30. The number of benzene rings is 3. The zero-order chi connectivity index (χ0) is 23.3. The van der Waals surface area contributed by atoms with Gasteiger partial charge in [0.15, 0.2) is 0 Å². The Bertz CT molecular complexity index is 1210. The average Bonchev–Trinajstić information content (AvgIpc) is 2.77. The summed E-state index contributed by atoms with van der Waals surface area (Å²) < 4.78 is 38.9. The predicted octanol–water partition coefficient (Wildman–Crippen LogP) is 4.15. The first-order valence-electron chi connectivity index (χ1n) is 9.92. The maximum atomic E-state index is 13.6. The van der Waals surface area contributed by atoms with Gasteiger partial charge in [-0.25, -0.2) is 8.42 Å². The van der Waals surface area contributed by atoms with E-state index in [-0.39, 0.29) is 10.6 Å². The van der Waals surface area contributed by atoms with E-state index in [1.54, 1.807) is 30.3 Å². The van der Waals surface area contributed by atoms with Crippen LogP contribution in [0, 0.1) is 13.8 Å². The number of rotatable bonds is 8. The van der Waals surface area contributed by atoms with E-state index in [4.69, 9.17) is 9.47 Å². The van der Waals surface area contributed by atoms with E-state index in [0.29, 0.717) is 17.2 Å². The molecule has 0 aliphatic rings. The van der Waals surface area contributed by atoms with Crippen molar-refractivity contribution in [2.24, 2.45) is 0 Å². The van der Waals surface area contributed by atoms with Gasteiger partial charge in [-0.05, 0) is 55.8 Å². The molecule has 0 heterocycles. The van der Waals surface area contributed by atoms with Gasteiger partial charge in [0.1, 0.15) is 18.0 Å². The van der Waals surface area contributed by atoms with Crippen molar-refractivity contribution in [3.05, 3.63) is 77.9 Å². The van der Waals surface area contributed by atoms with Gasteiger partial charge in [-0.2, -0.15) is 0 Å². The Balaban J connectivity index is 2.05. The largest absolute Gasteiger partial charge is 0.497 e. The highest BCUT2D eigenvalue weighted by Crippen LogP contribution is 2.35. The number of sulfonamides is 1. The van der Waals surface area contributed by atoms with Crippen molar-refractivity contribution in [1.82, 2.24) is 0 Å². The van der Waals surface area contributed by atoms with Gasteiger partial charge < -0.3 is 14.8 Å². The summed E-state index contributed by atoms with van der Waals surface area (Å²) in [5.41, 5.74) is 2.68. The zero-order valence-electron chi connectivity index (χ0n) is 18.5. The number of anilines is 2. The SMILES string of the molecule is COc1ccc(OC)c(N(CC(=O)Nc2cccc(C)c2)S(=O)(=O)c2ccc(C)cc2)c1. The van der Waals surface area contributed by atoms with Crippen LogP contribution in [0.4, 0.5) is 11.4 Å². The lowest BCUT2D eigenvalue weighted by Crippen LogP contribution is -2.38. The fraction of sp³-hybridized carbons (Fsp3) is 0.208. The molecule has 0 radical (unpaired) electrons. The molecule has 1 amide bonds. The lowest BCUT2D eigenvalue weighted by molar-refractivity contribution is -0.114. The number of aryl methyl sites for hydroxylation is 2. The molecule has 7 nitrogen and oxygen atoms in total. The number of amides is 1. The average molecular weight is 455 g/mol. The van der Waals surface area contributed by atoms with Crippen molar-refractivity contribution >= 4 is 27.3 Å². The molecule has 0 atom stereocenters. The Morgan fingerprint density at radius 1 is 0.906 bits per heavy atom. The van der Waals surface area contributed by atoms with Crippen molar-refractivity contribution in [2.75, 3.05) is 30.4 Å². The Morgan fingerprint density at radius 2 is 1.62 bits per heavy atom. The second-order valence-electron chi connectivity index (χ2n) is 7.28. The molecule has 3 aromatic rings. The zero-order valence-corrected chi connectivity index (χ0v) is 19.3. The van der Waals surface area contributed by atoms with E-state index in [1.165, 1.54) is 32.4 Å². The monoisotopic (exact) mass is 454 g/mol. The second-order valence-corrected chi connectivity index (χ2v) is 9.14. The van der Waals surface area contributed by atoms with Crippen molar-refractivity contribution in [3.8, 4) is 11.5 Å². The van der Waals surface area contributed by atoms with Crippen LogP contribution in [-0.2, 0) is 14.8 Å². The van der Waals surface area contributed by atoms with E-state index in [0.717, 1.165) is 15.4 Å². The number of methoxy groups -OCH3 is 2. The van der Waals surface area contributed by atoms with Crippen LogP contribution in [0.15, 0.2) is 71.6 Å². The summed E-state index contributed by atoms with van der Waals surface area (Å²) in [6.45, 7) is 3.33. The Hall–Kier alpha value is -3.52. The van der Waals surface area contributed by atoms with Crippen LogP contribution in [0.2, 0.25) is 0 Å². The number of hydrogen-bond donors (Lipinski definition) is 1. The van der Waals surface area contributed by atoms with Crippen LogP contribution in [-0.4, -0.2) is 35.1 Å². The third-order valence-corrected chi connectivity index (χ3v) is 6.63. The van der Waals surface area contributed by atoms with Crippen molar-refractivity contribution in [1.29, 1.82) is 0 Å². The van der Waals surface area contributed by atoms with Gasteiger partial charge in [-0.3, -0.25) is 9.10 Å². The van der Waals surface area contributed by atoms with E-state index < -0.39 is 22.5 Å². The molecule has 32 heavy (non-hydrogen) atoms. The minimum atomic E-state index is -4.09. The second kappa shape index (κ2) is 9.74. The van der Waals surface area contributed by atoms with E-state index >= 15 is 0 Å². The highest BCUT2D eigenvalue weighted by atomic mass is 32.2. The summed E-state index contributed by atoms with van der Waals surface area (Å²) in [6.07, 6.45) is 0. The van der Waals surface area contributed by atoms with Crippen molar-refractivity contribution < 1.29 is 22.7 Å². The molecule has 3 aromatic carbocycles. The topological polar surface area (TPSA) is 84.9 Å². The summed E-state index contributed by atoms with van der Waals surface area (Å²) in [4.78, 5) is 13.0. The maximum Gasteiger partial charge on any atom is 0.264 e. The molecule has 0 spiro atoms. The van der Waals surface area contributed by atoms with E-state index in [2.05, 4.69) is 5.32 Å². The fourth-order valence-corrected chi connectivity index (χ4v) is 4.61. The number of nitrogens with one attached hydrogen (secondary N) is 1. The molecule has 0 aliphatic carbocycles. The van der Waals surface area contributed by atoms with Gasteiger partial charge in [-0.1, -0.05) is 29.8 Å². The van der Waals surface area contributed by atoms with Gasteiger partial charge >= 0.3 is 0 Å². The number of carbonyl (C=O) groups is 1. The Kier molecular flexibility index (Phi) is 7.05. The van der Waals surface area contributed by atoms with Gasteiger partial charge in [0.2, 0.25) is 5.91 Å². The Morgan fingerprint density at radius 3 is 2.25 bits per heavy atom. The predicted molar refractivity (Wildman–Crippen MR) is 125 cm³/mol. The molecule has 0 aromatic heterocycles. The van der Waals surface area contributed by atoms with Gasteiger partial charge in [0.25, 0.3) is 10.0 Å². The third-order valence-electron chi connectivity index (χ3n) is 4.85. The quantitative estimate of drug-likeness (QED) is 0.553. The van der Waals surface area contributed by atoms with Crippen LogP contribution in [0.5, 0.6) is 11.5 Å². The first-order chi connectivity index (χ1) is 15.2. The molecule has 1 N–H and O–H groups in total. The minimum absolute atomic E-state index is 0.0660. The van der Waals surface area contributed by atoms with E-state index in [1.807, 2.05) is 32.0 Å². The van der Waals surface area contributed by atoms with Crippen LogP contribution >= 0.6 is 0 Å². The first-order valence-corrected chi connectivity index (χ1v) is 11.4. The molecule has 0 fully saturated rings. The summed E-state index contributed by atoms with van der Waals surface area (Å²) in [5.74, 6) is 0.241. The number of carbonyl (C=O) groups excluding carboxylic acids is 1. The van der Waals surface area contributed by atoms with Crippen LogP contribution < -0.4 is 19.1 Å². The van der Waals surface area contributed by atoms with Gasteiger partial charge in [0, 0.05) is 11.8 Å². The number of nitrogens with zero attached hydrogens (tertiary/aromatic N) is 1. The molecule has 0 aliphatic heterocycles. The molecular weight excluding hydrogens is 428 g/mol. The Labute approximate surface area is 188 Å². The van der Waals surface area contributed by atoms with Crippen LogP contribution in [0.25, 0.3) is 0 Å². The smallest absolute Gasteiger partial charge is 0.264 e. The van der Waals surface area contributed by atoms with E-state index in [9.17, 15) is 13.2 Å². The van der Waals surface area contributed by atoms with Crippen molar-refractivity contribution in [3.63, 3.8) is 0 Å². The number of hydrogen-bond acceptors (Lipinski definition) is 5. The molecule has 3 rings (SSSR count). The lowest BCUT2D eigenvalue weighted by Gasteiger charge is -2.26. The minimum Gasteiger partial charge on any atom is -0.497 e. The molecule has 0 unspecified atom stereocenters. The standard InChI is InChI=1S/C24H26N2O5S/c1-17-8-11-21(12-9-17)32(28,29)26(22-15-20(30-3)10-13-23(22)31-4)16-24(27)25-19-7-5-6-18(2)14-19/h5-15H,16H2,1-4H3,(H,25,27). The molecule has 0 saturated heterocycles. The normalized spacial score (nSPS) is 11.0. The maximum absolute atomic E-state index is 13.6. The molecule has 8 heteroatoms. The van der Waals surface area contributed by atoms with Gasteiger partial charge in [-0.15, -0.1) is 0 Å². The molecule has 0 bridgehead atoms. The summed E-state index contributed by atoms with van der Waals surface area (Å²) >= 11 is 0. The van der Waals surface area contributed by atoms with Crippen molar-refractivity contribution in [2.45, 2.75) is 18.7 Å². The van der Waals surface area contributed by atoms with Crippen LogP contribution in [0.3, 0.4) is 0 Å². The molecular formula is C24H26N2O5S. The third kappa shape index (κ3) is 5.20.